The Morgan fingerprint density at radius 2 is 2.12 bits per heavy atom. The number of carbonyl (C=O) groups excluding carboxylic acids is 1. The van der Waals surface area contributed by atoms with Gasteiger partial charge in [-0.05, 0) is 43.7 Å². The standard InChI is InChI=1S/C18H19ClN4O2S/c1-12-4-6-14(8-16(12)19)23-11-20-21-18(23)26-10-17(24)22(3)9-15-7-5-13(2)25-15/h4-8,11H,9-10H2,1-3H3. The first-order valence-electron chi connectivity index (χ1n) is 8.02. The van der Waals surface area contributed by atoms with Crippen molar-refractivity contribution in [1.29, 1.82) is 0 Å². The summed E-state index contributed by atoms with van der Waals surface area (Å²) < 4.78 is 7.33. The molecule has 0 fully saturated rings. The van der Waals surface area contributed by atoms with E-state index < -0.39 is 0 Å². The summed E-state index contributed by atoms with van der Waals surface area (Å²) in [6, 6.07) is 9.51. The van der Waals surface area contributed by atoms with Gasteiger partial charge in [-0.3, -0.25) is 9.36 Å². The Bertz CT molecular complexity index is 922. The van der Waals surface area contributed by atoms with E-state index in [-0.39, 0.29) is 11.7 Å². The third-order valence-electron chi connectivity index (χ3n) is 3.89. The fourth-order valence-electron chi connectivity index (χ4n) is 2.36. The second-order valence-corrected chi connectivity index (χ2v) is 7.32. The quantitative estimate of drug-likeness (QED) is 0.597. The molecule has 0 N–H and O–H groups in total. The van der Waals surface area contributed by atoms with Gasteiger partial charge in [0.2, 0.25) is 5.91 Å². The Morgan fingerprint density at radius 3 is 2.81 bits per heavy atom. The van der Waals surface area contributed by atoms with Gasteiger partial charge in [-0.1, -0.05) is 29.4 Å². The minimum absolute atomic E-state index is 0.0134. The zero-order valence-corrected chi connectivity index (χ0v) is 16.3. The molecule has 2 heterocycles. The second-order valence-electron chi connectivity index (χ2n) is 5.97. The predicted octanol–water partition coefficient (Wildman–Crippen LogP) is 3.88. The number of amides is 1. The number of aromatic nitrogens is 3. The largest absolute Gasteiger partial charge is 0.464 e. The summed E-state index contributed by atoms with van der Waals surface area (Å²) >= 11 is 7.54. The number of rotatable bonds is 6. The minimum Gasteiger partial charge on any atom is -0.464 e. The zero-order chi connectivity index (χ0) is 18.7. The maximum Gasteiger partial charge on any atom is 0.233 e. The normalized spacial score (nSPS) is 10.9. The molecule has 0 saturated carbocycles. The van der Waals surface area contributed by atoms with Gasteiger partial charge in [0.25, 0.3) is 0 Å². The highest BCUT2D eigenvalue weighted by Gasteiger charge is 2.15. The highest BCUT2D eigenvalue weighted by atomic mass is 35.5. The van der Waals surface area contributed by atoms with Crippen LogP contribution in [0.1, 0.15) is 17.1 Å². The van der Waals surface area contributed by atoms with Crippen molar-refractivity contribution in [2.45, 2.75) is 25.5 Å². The molecular weight excluding hydrogens is 372 g/mol. The average Bonchev–Trinajstić information content (AvgIpc) is 3.24. The third-order valence-corrected chi connectivity index (χ3v) is 5.22. The minimum atomic E-state index is -0.0134. The summed E-state index contributed by atoms with van der Waals surface area (Å²) in [4.78, 5) is 14.0. The Morgan fingerprint density at radius 1 is 1.31 bits per heavy atom. The van der Waals surface area contributed by atoms with Crippen molar-refractivity contribution < 1.29 is 9.21 Å². The number of carbonyl (C=O) groups is 1. The monoisotopic (exact) mass is 390 g/mol. The lowest BCUT2D eigenvalue weighted by atomic mass is 10.2. The zero-order valence-electron chi connectivity index (χ0n) is 14.8. The smallest absolute Gasteiger partial charge is 0.233 e. The number of halogens is 1. The lowest BCUT2D eigenvalue weighted by molar-refractivity contribution is -0.127. The van der Waals surface area contributed by atoms with Crippen molar-refractivity contribution in [2.24, 2.45) is 0 Å². The van der Waals surface area contributed by atoms with Crippen molar-refractivity contribution in [1.82, 2.24) is 19.7 Å². The van der Waals surface area contributed by atoms with Crippen LogP contribution in [0.2, 0.25) is 5.02 Å². The highest BCUT2D eigenvalue weighted by molar-refractivity contribution is 7.99. The van der Waals surface area contributed by atoms with Gasteiger partial charge in [-0.25, -0.2) is 0 Å². The van der Waals surface area contributed by atoms with Crippen LogP contribution in [0.25, 0.3) is 5.69 Å². The van der Waals surface area contributed by atoms with Gasteiger partial charge in [-0.2, -0.15) is 0 Å². The summed E-state index contributed by atoms with van der Waals surface area (Å²) in [5.74, 6) is 1.84. The van der Waals surface area contributed by atoms with Gasteiger partial charge >= 0.3 is 0 Å². The van der Waals surface area contributed by atoms with Crippen molar-refractivity contribution in [3.8, 4) is 5.69 Å². The Kier molecular flexibility index (Phi) is 5.68. The van der Waals surface area contributed by atoms with Crippen LogP contribution in [0, 0.1) is 13.8 Å². The van der Waals surface area contributed by atoms with E-state index in [9.17, 15) is 4.79 Å². The molecule has 26 heavy (non-hydrogen) atoms. The number of nitrogens with zero attached hydrogens (tertiary/aromatic N) is 4. The van der Waals surface area contributed by atoms with Crippen LogP contribution < -0.4 is 0 Å². The summed E-state index contributed by atoms with van der Waals surface area (Å²) in [6.07, 6.45) is 1.61. The molecule has 136 valence electrons. The highest BCUT2D eigenvalue weighted by Crippen LogP contribution is 2.24. The first-order valence-corrected chi connectivity index (χ1v) is 9.39. The molecule has 0 unspecified atom stereocenters. The molecule has 1 aromatic carbocycles. The van der Waals surface area contributed by atoms with Crippen molar-refractivity contribution >= 4 is 29.3 Å². The molecule has 3 rings (SSSR count). The van der Waals surface area contributed by atoms with Gasteiger partial charge in [0.05, 0.1) is 18.0 Å². The number of aryl methyl sites for hydroxylation is 2. The van der Waals surface area contributed by atoms with Gasteiger partial charge in [-0.15, -0.1) is 10.2 Å². The van der Waals surface area contributed by atoms with E-state index in [4.69, 9.17) is 16.0 Å². The maximum absolute atomic E-state index is 12.4. The first-order chi connectivity index (χ1) is 12.4. The van der Waals surface area contributed by atoms with Crippen LogP contribution in [0.5, 0.6) is 0 Å². The topological polar surface area (TPSA) is 64.2 Å². The van der Waals surface area contributed by atoms with Crippen LogP contribution in [-0.2, 0) is 11.3 Å². The van der Waals surface area contributed by atoms with Crippen LogP contribution >= 0.6 is 23.4 Å². The molecule has 6 nitrogen and oxygen atoms in total. The third kappa shape index (κ3) is 4.28. The number of benzene rings is 1. The average molecular weight is 391 g/mol. The molecule has 0 aliphatic carbocycles. The van der Waals surface area contributed by atoms with Gasteiger partial charge in [0, 0.05) is 12.1 Å². The molecule has 0 bridgehead atoms. The summed E-state index contributed by atoms with van der Waals surface area (Å²) in [5, 5.41) is 9.38. The molecule has 0 saturated heterocycles. The molecular formula is C18H19ClN4O2S. The lowest BCUT2D eigenvalue weighted by Crippen LogP contribution is -2.27. The summed E-state index contributed by atoms with van der Waals surface area (Å²) in [5.41, 5.74) is 1.86. The van der Waals surface area contributed by atoms with Crippen LogP contribution in [0.4, 0.5) is 0 Å². The van der Waals surface area contributed by atoms with Crippen LogP contribution in [0.3, 0.4) is 0 Å². The lowest BCUT2D eigenvalue weighted by Gasteiger charge is -2.15. The van der Waals surface area contributed by atoms with Gasteiger partial charge in [0.15, 0.2) is 5.16 Å². The number of hydrogen-bond donors (Lipinski definition) is 0. The van der Waals surface area contributed by atoms with E-state index in [1.807, 2.05) is 48.7 Å². The fraction of sp³-hybridized carbons (Fsp3) is 0.278. The molecule has 0 radical (unpaired) electrons. The molecule has 1 amide bonds. The Balaban J connectivity index is 1.64. The molecule has 8 heteroatoms. The molecule has 3 aromatic rings. The Hall–Kier alpha value is -2.25. The van der Waals surface area contributed by atoms with Crippen LogP contribution in [-0.4, -0.2) is 38.4 Å². The molecule has 0 aliphatic rings. The SMILES string of the molecule is Cc1ccc(CN(C)C(=O)CSc2nncn2-c2ccc(C)c(Cl)c2)o1. The number of hydrogen-bond acceptors (Lipinski definition) is 5. The molecule has 0 atom stereocenters. The van der Waals surface area contributed by atoms with E-state index in [0.29, 0.717) is 16.7 Å². The molecule has 0 spiro atoms. The maximum atomic E-state index is 12.4. The molecule has 2 aromatic heterocycles. The van der Waals surface area contributed by atoms with Gasteiger partial charge < -0.3 is 9.32 Å². The number of thioether (sulfide) groups is 1. The number of furan rings is 1. The van der Waals surface area contributed by atoms with Crippen molar-refractivity contribution in [2.75, 3.05) is 12.8 Å². The van der Waals surface area contributed by atoms with Gasteiger partial charge in [0.1, 0.15) is 17.8 Å². The summed E-state index contributed by atoms with van der Waals surface area (Å²) in [6.45, 7) is 4.27. The van der Waals surface area contributed by atoms with E-state index in [1.54, 1.807) is 18.3 Å². The van der Waals surface area contributed by atoms with E-state index >= 15 is 0 Å². The predicted molar refractivity (Wildman–Crippen MR) is 102 cm³/mol. The van der Waals surface area contributed by atoms with Crippen LogP contribution in [0.15, 0.2) is 46.2 Å². The van der Waals surface area contributed by atoms with E-state index in [2.05, 4.69) is 10.2 Å². The summed E-state index contributed by atoms with van der Waals surface area (Å²) in [7, 11) is 1.76. The van der Waals surface area contributed by atoms with E-state index in [0.717, 1.165) is 22.8 Å². The van der Waals surface area contributed by atoms with Crippen molar-refractivity contribution in [3.63, 3.8) is 0 Å². The molecule has 0 aliphatic heterocycles. The fourth-order valence-corrected chi connectivity index (χ4v) is 3.40. The first kappa shape index (κ1) is 18.5. The van der Waals surface area contributed by atoms with E-state index in [1.165, 1.54) is 11.8 Å². The van der Waals surface area contributed by atoms with Crippen molar-refractivity contribution in [3.05, 3.63) is 58.8 Å². The second kappa shape index (κ2) is 7.97. The Labute approximate surface area is 161 Å².